The summed E-state index contributed by atoms with van der Waals surface area (Å²) in [5.74, 6) is -1.56. The number of alkyl halides is 1. The van der Waals surface area contributed by atoms with Crippen molar-refractivity contribution in [3.05, 3.63) is 34.9 Å². The smallest absolute Gasteiger partial charge is 0.141 e. The van der Waals surface area contributed by atoms with Gasteiger partial charge in [0.25, 0.3) is 0 Å². The molecule has 0 radical (unpaired) electrons. The summed E-state index contributed by atoms with van der Waals surface area (Å²) in [6.07, 6.45) is 1.10. The number of benzene rings is 1. The van der Waals surface area contributed by atoms with Crippen LogP contribution in [0.1, 0.15) is 36.8 Å². The Morgan fingerprint density at radius 3 is 2.41 bits per heavy atom. The molecule has 2 rings (SSSR count). The van der Waals surface area contributed by atoms with Gasteiger partial charge in [-0.1, -0.05) is 6.07 Å². The van der Waals surface area contributed by atoms with Crippen molar-refractivity contribution in [2.45, 2.75) is 44.3 Å². The van der Waals surface area contributed by atoms with Crippen molar-refractivity contribution >= 4 is 0 Å². The predicted octanol–water partition coefficient (Wildman–Crippen LogP) is 3.34. The van der Waals surface area contributed by atoms with E-state index in [1.54, 1.807) is 0 Å². The van der Waals surface area contributed by atoms with Gasteiger partial charge in [0.1, 0.15) is 17.3 Å². The molecule has 0 saturated heterocycles. The van der Waals surface area contributed by atoms with Gasteiger partial charge in [-0.3, -0.25) is 0 Å². The van der Waals surface area contributed by atoms with E-state index in [2.05, 4.69) is 0 Å². The standard InChI is InChI=1S/C13H16F3N/c1-8-2-3-10(14)11(12(8)15)13(16)6-4-9(17)5-7-13/h2-3,9H,4-7,17H2,1H3. The van der Waals surface area contributed by atoms with Gasteiger partial charge in [0.15, 0.2) is 0 Å². The highest BCUT2D eigenvalue weighted by molar-refractivity contribution is 5.32. The van der Waals surface area contributed by atoms with E-state index in [-0.39, 0.29) is 24.4 Å². The van der Waals surface area contributed by atoms with Gasteiger partial charge in [0, 0.05) is 6.04 Å². The molecule has 1 nitrogen and oxygen atoms in total. The van der Waals surface area contributed by atoms with E-state index < -0.39 is 22.9 Å². The van der Waals surface area contributed by atoms with Crippen LogP contribution < -0.4 is 5.73 Å². The van der Waals surface area contributed by atoms with Crippen molar-refractivity contribution in [1.82, 2.24) is 0 Å². The summed E-state index contributed by atoms with van der Waals surface area (Å²) >= 11 is 0. The zero-order valence-corrected chi connectivity index (χ0v) is 9.77. The number of hydrogen-bond acceptors (Lipinski definition) is 1. The normalized spacial score (nSPS) is 29.4. The summed E-state index contributed by atoms with van der Waals surface area (Å²) in [6.45, 7) is 1.51. The second kappa shape index (κ2) is 4.33. The fourth-order valence-corrected chi connectivity index (χ4v) is 2.42. The minimum Gasteiger partial charge on any atom is -0.328 e. The van der Waals surface area contributed by atoms with Gasteiger partial charge in [0.05, 0.1) is 5.56 Å². The molecule has 0 atom stereocenters. The minimum absolute atomic E-state index is 0.0604. The fraction of sp³-hybridized carbons (Fsp3) is 0.538. The van der Waals surface area contributed by atoms with Crippen LogP contribution in [-0.4, -0.2) is 6.04 Å². The number of nitrogens with two attached hydrogens (primary N) is 1. The molecule has 1 saturated carbocycles. The van der Waals surface area contributed by atoms with E-state index in [9.17, 15) is 13.2 Å². The SMILES string of the molecule is Cc1ccc(F)c(C2(F)CCC(N)CC2)c1F. The number of aryl methyl sites for hydroxylation is 1. The van der Waals surface area contributed by atoms with Gasteiger partial charge < -0.3 is 5.73 Å². The molecule has 0 spiro atoms. The average molecular weight is 243 g/mol. The van der Waals surface area contributed by atoms with Crippen molar-refractivity contribution in [2.24, 2.45) is 5.73 Å². The van der Waals surface area contributed by atoms with Gasteiger partial charge in [-0.15, -0.1) is 0 Å². The molecule has 17 heavy (non-hydrogen) atoms. The van der Waals surface area contributed by atoms with Gasteiger partial charge in [0.2, 0.25) is 0 Å². The van der Waals surface area contributed by atoms with E-state index in [1.807, 2.05) is 0 Å². The fourth-order valence-electron chi connectivity index (χ4n) is 2.42. The summed E-state index contributed by atoms with van der Waals surface area (Å²) in [7, 11) is 0. The first kappa shape index (κ1) is 12.4. The van der Waals surface area contributed by atoms with Gasteiger partial charge in [-0.2, -0.15) is 0 Å². The topological polar surface area (TPSA) is 26.0 Å². The number of rotatable bonds is 1. The molecule has 94 valence electrons. The lowest BCUT2D eigenvalue weighted by atomic mass is 9.78. The molecule has 1 aliphatic carbocycles. The van der Waals surface area contributed by atoms with Gasteiger partial charge in [-0.05, 0) is 44.2 Å². The Kier molecular flexibility index (Phi) is 3.17. The maximum Gasteiger partial charge on any atom is 0.141 e. The van der Waals surface area contributed by atoms with Crippen LogP contribution >= 0.6 is 0 Å². The maximum absolute atomic E-state index is 14.6. The Morgan fingerprint density at radius 2 is 1.82 bits per heavy atom. The van der Waals surface area contributed by atoms with Gasteiger partial charge in [-0.25, -0.2) is 13.2 Å². The van der Waals surface area contributed by atoms with Crippen LogP contribution in [-0.2, 0) is 5.67 Å². The first-order valence-corrected chi connectivity index (χ1v) is 5.83. The van der Waals surface area contributed by atoms with Crippen LogP contribution in [0, 0.1) is 18.6 Å². The Bertz CT molecular complexity index is 423. The van der Waals surface area contributed by atoms with Crippen molar-refractivity contribution in [3.8, 4) is 0 Å². The van der Waals surface area contributed by atoms with Crippen LogP contribution in [0.3, 0.4) is 0 Å². The van der Waals surface area contributed by atoms with Crippen molar-refractivity contribution in [3.63, 3.8) is 0 Å². The second-order valence-corrected chi connectivity index (χ2v) is 4.86. The molecule has 1 fully saturated rings. The monoisotopic (exact) mass is 243 g/mol. The molecule has 2 N–H and O–H groups in total. The third-order valence-electron chi connectivity index (χ3n) is 3.56. The molecule has 0 unspecified atom stereocenters. The third-order valence-corrected chi connectivity index (χ3v) is 3.56. The molecule has 0 amide bonds. The molecule has 1 aliphatic rings. The highest BCUT2D eigenvalue weighted by Gasteiger charge is 2.40. The minimum atomic E-state index is -1.91. The molecule has 4 heteroatoms. The quantitative estimate of drug-likeness (QED) is 0.804. The molecule has 1 aromatic carbocycles. The first-order chi connectivity index (χ1) is 7.94. The molecule has 0 heterocycles. The van der Waals surface area contributed by atoms with Crippen molar-refractivity contribution < 1.29 is 13.2 Å². The van der Waals surface area contributed by atoms with E-state index in [0.717, 1.165) is 6.07 Å². The largest absolute Gasteiger partial charge is 0.328 e. The van der Waals surface area contributed by atoms with Crippen LogP contribution in [0.25, 0.3) is 0 Å². The zero-order valence-electron chi connectivity index (χ0n) is 9.77. The summed E-state index contributed by atoms with van der Waals surface area (Å²) in [5, 5.41) is 0. The highest BCUT2D eigenvalue weighted by Crippen LogP contribution is 2.43. The Morgan fingerprint density at radius 1 is 1.24 bits per heavy atom. The molecule has 0 aromatic heterocycles. The summed E-state index contributed by atoms with van der Waals surface area (Å²) < 4.78 is 42.2. The highest BCUT2D eigenvalue weighted by atomic mass is 19.2. The van der Waals surface area contributed by atoms with Crippen molar-refractivity contribution in [2.75, 3.05) is 0 Å². The lowest BCUT2D eigenvalue weighted by molar-refractivity contribution is 0.0887. The van der Waals surface area contributed by atoms with Crippen molar-refractivity contribution in [1.29, 1.82) is 0 Å². The summed E-state index contributed by atoms with van der Waals surface area (Å²) in [6, 6.07) is 2.39. The molecule has 1 aromatic rings. The molecule has 0 bridgehead atoms. The van der Waals surface area contributed by atoms with Crippen LogP contribution in [0.4, 0.5) is 13.2 Å². The van der Waals surface area contributed by atoms with E-state index >= 15 is 0 Å². The lowest BCUT2D eigenvalue weighted by Crippen LogP contribution is -2.35. The second-order valence-electron chi connectivity index (χ2n) is 4.86. The lowest BCUT2D eigenvalue weighted by Gasteiger charge is -2.33. The van der Waals surface area contributed by atoms with Crippen LogP contribution in [0.5, 0.6) is 0 Å². The average Bonchev–Trinajstić information content (AvgIpc) is 2.29. The van der Waals surface area contributed by atoms with E-state index in [4.69, 9.17) is 5.73 Å². The van der Waals surface area contributed by atoms with Crippen LogP contribution in [0.2, 0.25) is 0 Å². The van der Waals surface area contributed by atoms with Crippen LogP contribution in [0.15, 0.2) is 12.1 Å². The zero-order chi connectivity index (χ0) is 12.6. The maximum atomic E-state index is 14.6. The third kappa shape index (κ3) is 2.18. The first-order valence-electron chi connectivity index (χ1n) is 5.83. The van der Waals surface area contributed by atoms with E-state index in [0.29, 0.717) is 12.8 Å². The Labute approximate surface area is 98.8 Å². The predicted molar refractivity (Wildman–Crippen MR) is 60.3 cm³/mol. The molecular weight excluding hydrogens is 227 g/mol. The molecule has 0 aliphatic heterocycles. The summed E-state index contributed by atoms with van der Waals surface area (Å²) in [5.41, 5.74) is 3.64. The Hall–Kier alpha value is -1.03. The molecular formula is C13H16F3N. The van der Waals surface area contributed by atoms with E-state index in [1.165, 1.54) is 13.0 Å². The van der Waals surface area contributed by atoms with Gasteiger partial charge >= 0.3 is 0 Å². The number of hydrogen-bond donors (Lipinski definition) is 1. The Balaban J connectivity index is 2.43. The summed E-state index contributed by atoms with van der Waals surface area (Å²) in [4.78, 5) is 0. The number of halogens is 3.